The molecule has 0 saturated carbocycles. The monoisotopic (exact) mass is 337 g/mol. The van der Waals surface area contributed by atoms with Gasteiger partial charge in [-0.3, -0.25) is 5.32 Å². The van der Waals surface area contributed by atoms with Crippen LogP contribution in [0.3, 0.4) is 0 Å². The molecular formula is C13H21F6NO2. The van der Waals surface area contributed by atoms with Gasteiger partial charge in [0, 0.05) is 5.41 Å². The van der Waals surface area contributed by atoms with Crippen LogP contribution in [0.5, 0.6) is 0 Å². The number of ether oxygens (including phenoxy) is 1. The van der Waals surface area contributed by atoms with E-state index in [2.05, 4.69) is 0 Å². The highest BCUT2D eigenvalue weighted by molar-refractivity contribution is 5.69. The normalized spacial score (nSPS) is 14.7. The summed E-state index contributed by atoms with van der Waals surface area (Å²) in [5.41, 5.74) is -6.30. The third-order valence-electron chi connectivity index (χ3n) is 3.97. The number of hydrogen-bond acceptors (Lipinski definition) is 2. The lowest BCUT2D eigenvalue weighted by Gasteiger charge is -2.41. The third-order valence-corrected chi connectivity index (χ3v) is 3.97. The van der Waals surface area contributed by atoms with Gasteiger partial charge in [-0.05, 0) is 20.3 Å². The Labute approximate surface area is 125 Å². The Kier molecular flexibility index (Phi) is 5.50. The first-order valence-corrected chi connectivity index (χ1v) is 6.56. The summed E-state index contributed by atoms with van der Waals surface area (Å²) in [4.78, 5) is 11.6. The van der Waals surface area contributed by atoms with E-state index in [1.807, 2.05) is 0 Å². The van der Waals surface area contributed by atoms with Crippen LogP contribution in [0.1, 0.15) is 48.0 Å². The summed E-state index contributed by atoms with van der Waals surface area (Å²) >= 11 is 0. The number of carbonyl (C=O) groups excluding carboxylic acids is 1. The van der Waals surface area contributed by atoms with Crippen LogP contribution in [0, 0.1) is 5.41 Å². The van der Waals surface area contributed by atoms with Gasteiger partial charge in [0.1, 0.15) is 5.60 Å². The number of alkyl carbamates (subject to hydrolysis) is 1. The number of amides is 1. The van der Waals surface area contributed by atoms with Gasteiger partial charge in [-0.1, -0.05) is 27.7 Å². The maximum Gasteiger partial charge on any atom is 0.420 e. The number of hydrogen-bond donors (Lipinski definition) is 1. The average molecular weight is 337 g/mol. The van der Waals surface area contributed by atoms with Crippen molar-refractivity contribution in [2.45, 2.75) is 71.5 Å². The molecular weight excluding hydrogens is 316 g/mol. The van der Waals surface area contributed by atoms with E-state index in [4.69, 9.17) is 4.74 Å². The van der Waals surface area contributed by atoms with Crippen LogP contribution in [0.25, 0.3) is 0 Å². The molecule has 0 bridgehead atoms. The molecule has 0 radical (unpaired) electrons. The fourth-order valence-corrected chi connectivity index (χ4v) is 1.38. The van der Waals surface area contributed by atoms with E-state index in [1.165, 1.54) is 13.8 Å². The van der Waals surface area contributed by atoms with Gasteiger partial charge in [0.25, 0.3) is 0 Å². The predicted molar refractivity (Wildman–Crippen MR) is 68.3 cm³/mol. The molecule has 0 aromatic heterocycles. The number of nitrogens with one attached hydrogen (secondary N) is 1. The van der Waals surface area contributed by atoms with Crippen molar-refractivity contribution < 1.29 is 35.9 Å². The third kappa shape index (κ3) is 3.98. The first-order chi connectivity index (χ1) is 9.41. The van der Waals surface area contributed by atoms with Gasteiger partial charge in [0.05, 0.1) is 0 Å². The Morgan fingerprint density at radius 1 is 0.909 bits per heavy atom. The second kappa shape index (κ2) is 5.81. The zero-order valence-corrected chi connectivity index (χ0v) is 13.3. The number of halogens is 6. The van der Waals surface area contributed by atoms with Crippen molar-refractivity contribution in [3.8, 4) is 0 Å². The second-order valence-electron chi connectivity index (χ2n) is 6.53. The van der Waals surface area contributed by atoms with Gasteiger partial charge in [-0.2, -0.15) is 26.3 Å². The first-order valence-electron chi connectivity index (χ1n) is 6.56. The minimum absolute atomic E-state index is 0.685. The fourth-order valence-electron chi connectivity index (χ4n) is 1.38. The van der Waals surface area contributed by atoms with E-state index in [1.54, 1.807) is 20.8 Å². The summed E-state index contributed by atoms with van der Waals surface area (Å²) in [6.07, 6.45) is -14.6. The summed E-state index contributed by atoms with van der Waals surface area (Å²) in [6.45, 7) is 8.42. The molecule has 0 saturated heterocycles. The quantitative estimate of drug-likeness (QED) is 0.751. The molecule has 0 aliphatic heterocycles. The highest BCUT2D eigenvalue weighted by Crippen LogP contribution is 2.45. The Bertz CT molecular complexity index is 392. The molecule has 0 unspecified atom stereocenters. The summed E-state index contributed by atoms with van der Waals surface area (Å²) < 4.78 is 82.3. The zero-order valence-electron chi connectivity index (χ0n) is 13.3. The molecule has 0 aromatic rings. The van der Waals surface area contributed by atoms with Crippen LogP contribution in [-0.4, -0.2) is 29.6 Å². The molecule has 0 heterocycles. The maximum absolute atomic E-state index is 12.9. The van der Waals surface area contributed by atoms with E-state index in [0.717, 1.165) is 5.32 Å². The Morgan fingerprint density at radius 3 is 1.50 bits per heavy atom. The van der Waals surface area contributed by atoms with E-state index in [9.17, 15) is 31.1 Å². The number of carbonyl (C=O) groups is 1. The zero-order chi connectivity index (χ0) is 18.2. The smallest absolute Gasteiger partial charge is 0.420 e. The highest BCUT2D eigenvalue weighted by Gasteiger charge is 2.71. The molecule has 1 N–H and O–H groups in total. The Hall–Kier alpha value is -1.15. The Morgan fingerprint density at radius 2 is 1.27 bits per heavy atom. The van der Waals surface area contributed by atoms with Crippen molar-refractivity contribution >= 4 is 6.09 Å². The largest absolute Gasteiger partial charge is 0.443 e. The van der Waals surface area contributed by atoms with Gasteiger partial charge in [-0.25, -0.2) is 4.79 Å². The molecule has 9 heteroatoms. The minimum Gasteiger partial charge on any atom is -0.443 e. The molecule has 0 aromatic carbocycles. The van der Waals surface area contributed by atoms with Gasteiger partial charge in [0.15, 0.2) is 0 Å². The maximum atomic E-state index is 12.9. The molecule has 0 spiro atoms. The van der Waals surface area contributed by atoms with E-state index in [-0.39, 0.29) is 0 Å². The van der Waals surface area contributed by atoms with Gasteiger partial charge in [-0.15, -0.1) is 0 Å². The molecule has 0 fully saturated rings. The molecule has 0 aliphatic rings. The lowest BCUT2D eigenvalue weighted by molar-refractivity contribution is -0.306. The number of alkyl halides is 6. The van der Waals surface area contributed by atoms with Crippen molar-refractivity contribution in [3.63, 3.8) is 0 Å². The second-order valence-corrected chi connectivity index (χ2v) is 6.53. The van der Waals surface area contributed by atoms with Crippen LogP contribution in [-0.2, 0) is 4.74 Å². The summed E-state index contributed by atoms with van der Waals surface area (Å²) in [5, 5.41) is 0.977. The van der Waals surface area contributed by atoms with Crippen molar-refractivity contribution in [3.05, 3.63) is 0 Å². The van der Waals surface area contributed by atoms with Crippen molar-refractivity contribution in [2.75, 3.05) is 0 Å². The van der Waals surface area contributed by atoms with E-state index < -0.39 is 41.4 Å². The number of rotatable bonds is 3. The van der Waals surface area contributed by atoms with E-state index >= 15 is 0 Å². The van der Waals surface area contributed by atoms with Crippen molar-refractivity contribution in [1.82, 2.24) is 5.32 Å². The molecule has 0 rings (SSSR count). The topological polar surface area (TPSA) is 38.3 Å². The van der Waals surface area contributed by atoms with Crippen molar-refractivity contribution in [2.24, 2.45) is 5.41 Å². The molecule has 1 amide bonds. The van der Waals surface area contributed by atoms with Gasteiger partial charge >= 0.3 is 18.4 Å². The molecule has 0 atom stereocenters. The standard InChI is InChI=1S/C13H21F6NO2/c1-7-11(12(14,15)16,13(17,18)19)20-8(21)22-10(5,6)9(2,3)4/h7H2,1-6H3,(H,20,21). The SMILES string of the molecule is CCC(NC(=O)OC(C)(C)C(C)(C)C)(C(F)(F)F)C(F)(F)F. The summed E-state index contributed by atoms with van der Waals surface area (Å²) in [7, 11) is 0. The fraction of sp³-hybridized carbons (Fsp3) is 0.923. The lowest BCUT2D eigenvalue weighted by atomic mass is 9.79. The van der Waals surface area contributed by atoms with Gasteiger partial charge < -0.3 is 4.74 Å². The first kappa shape index (κ1) is 20.9. The van der Waals surface area contributed by atoms with E-state index in [0.29, 0.717) is 6.92 Å². The summed E-state index contributed by atoms with van der Waals surface area (Å²) in [5.74, 6) is 0. The van der Waals surface area contributed by atoms with Crippen LogP contribution < -0.4 is 5.32 Å². The average Bonchev–Trinajstić information content (AvgIpc) is 2.19. The molecule has 22 heavy (non-hydrogen) atoms. The lowest BCUT2D eigenvalue weighted by Crippen LogP contribution is -2.67. The van der Waals surface area contributed by atoms with Crippen molar-refractivity contribution in [1.29, 1.82) is 0 Å². The predicted octanol–water partition coefficient (Wildman–Crippen LogP) is 4.81. The van der Waals surface area contributed by atoms with Crippen LogP contribution in [0.15, 0.2) is 0 Å². The minimum atomic E-state index is -5.70. The van der Waals surface area contributed by atoms with Crippen LogP contribution in [0.4, 0.5) is 31.1 Å². The van der Waals surface area contributed by atoms with Crippen LogP contribution >= 0.6 is 0 Å². The van der Waals surface area contributed by atoms with Gasteiger partial charge in [0.2, 0.25) is 5.54 Å². The summed E-state index contributed by atoms with van der Waals surface area (Å²) in [6, 6.07) is 0. The van der Waals surface area contributed by atoms with Crippen LogP contribution in [0.2, 0.25) is 0 Å². The Balaban J connectivity index is 5.51. The molecule has 132 valence electrons. The highest BCUT2D eigenvalue weighted by atomic mass is 19.4. The molecule has 0 aliphatic carbocycles. The molecule has 3 nitrogen and oxygen atoms in total.